The second-order valence-electron chi connectivity index (χ2n) is 4.18. The zero-order valence-electron chi connectivity index (χ0n) is 11.2. The molecule has 0 fully saturated rings. The quantitative estimate of drug-likeness (QED) is 0.804. The molecule has 0 amide bonds. The van der Waals surface area contributed by atoms with Gasteiger partial charge in [0.05, 0.1) is 23.4 Å². The summed E-state index contributed by atoms with van der Waals surface area (Å²) >= 11 is 1.72. The van der Waals surface area contributed by atoms with Crippen LogP contribution < -0.4 is 4.74 Å². The van der Waals surface area contributed by atoms with Gasteiger partial charge in [-0.15, -0.1) is 11.8 Å². The van der Waals surface area contributed by atoms with E-state index >= 15 is 0 Å². The smallest absolute Gasteiger partial charge is 0.136 e. The molecule has 2 rings (SSSR count). The summed E-state index contributed by atoms with van der Waals surface area (Å²) in [7, 11) is 3.52. The van der Waals surface area contributed by atoms with Crippen LogP contribution in [0.3, 0.4) is 0 Å². The molecule has 1 heterocycles. The van der Waals surface area contributed by atoms with E-state index in [-0.39, 0.29) is 0 Å². The fourth-order valence-electron chi connectivity index (χ4n) is 1.80. The van der Waals surface area contributed by atoms with E-state index in [2.05, 4.69) is 17.2 Å². The lowest BCUT2D eigenvalue weighted by molar-refractivity contribution is 0.413. The van der Waals surface area contributed by atoms with Crippen molar-refractivity contribution in [2.24, 2.45) is 7.05 Å². The Morgan fingerprint density at radius 1 is 1.42 bits per heavy atom. The van der Waals surface area contributed by atoms with Gasteiger partial charge in [-0.1, -0.05) is 6.07 Å². The number of aromatic nitrogens is 2. The Labute approximate surface area is 117 Å². The van der Waals surface area contributed by atoms with Gasteiger partial charge in [0.25, 0.3) is 0 Å². The van der Waals surface area contributed by atoms with Gasteiger partial charge in [-0.2, -0.15) is 10.4 Å². The van der Waals surface area contributed by atoms with Crippen LogP contribution in [0.4, 0.5) is 0 Å². The Kier molecular flexibility index (Phi) is 4.13. The van der Waals surface area contributed by atoms with Crippen LogP contribution in [0.15, 0.2) is 29.3 Å². The van der Waals surface area contributed by atoms with Crippen molar-refractivity contribution in [3.8, 4) is 11.8 Å². The van der Waals surface area contributed by atoms with Crippen molar-refractivity contribution in [3.63, 3.8) is 0 Å². The largest absolute Gasteiger partial charge is 0.495 e. The number of aryl methyl sites for hydroxylation is 2. The second kappa shape index (κ2) is 5.81. The summed E-state index contributed by atoms with van der Waals surface area (Å²) in [6.45, 7) is 1.98. The van der Waals surface area contributed by atoms with E-state index in [0.717, 1.165) is 22.0 Å². The van der Waals surface area contributed by atoms with Crippen molar-refractivity contribution >= 4 is 11.8 Å². The van der Waals surface area contributed by atoms with E-state index < -0.39 is 0 Å². The summed E-state index contributed by atoms with van der Waals surface area (Å²) in [5, 5.41) is 14.4. The van der Waals surface area contributed by atoms with Gasteiger partial charge in [0.1, 0.15) is 11.8 Å². The first kappa shape index (κ1) is 13.5. The van der Waals surface area contributed by atoms with Gasteiger partial charge in [0.2, 0.25) is 0 Å². The number of thioether (sulfide) groups is 1. The molecular formula is C14H15N3OS. The second-order valence-corrected chi connectivity index (χ2v) is 5.18. The maximum Gasteiger partial charge on any atom is 0.136 e. The minimum atomic E-state index is 0.563. The van der Waals surface area contributed by atoms with Gasteiger partial charge in [0.15, 0.2) is 0 Å². The number of nitriles is 1. The van der Waals surface area contributed by atoms with E-state index in [4.69, 9.17) is 10.00 Å². The average molecular weight is 273 g/mol. The molecule has 0 radical (unpaired) electrons. The standard InChI is InChI=1S/C14H15N3OS/c1-10-6-14(17(2)16-10)19-9-11-4-5-12(8-15)13(7-11)18-3/h4-7H,9H2,1-3H3. The normalized spacial score (nSPS) is 10.2. The molecule has 0 unspecified atom stereocenters. The molecule has 0 bridgehead atoms. The molecule has 19 heavy (non-hydrogen) atoms. The van der Waals surface area contributed by atoms with Crippen LogP contribution in [0.2, 0.25) is 0 Å². The van der Waals surface area contributed by atoms with E-state index in [1.54, 1.807) is 24.9 Å². The molecule has 4 nitrogen and oxygen atoms in total. The Hall–Kier alpha value is -1.93. The van der Waals surface area contributed by atoms with Gasteiger partial charge in [-0.25, -0.2) is 0 Å². The SMILES string of the molecule is COc1cc(CSc2cc(C)nn2C)ccc1C#N. The van der Waals surface area contributed by atoms with Gasteiger partial charge in [-0.05, 0) is 30.7 Å². The lowest BCUT2D eigenvalue weighted by atomic mass is 10.1. The minimum Gasteiger partial charge on any atom is -0.495 e. The van der Waals surface area contributed by atoms with Crippen LogP contribution in [0.1, 0.15) is 16.8 Å². The van der Waals surface area contributed by atoms with E-state index in [1.807, 2.05) is 30.8 Å². The first-order valence-electron chi connectivity index (χ1n) is 5.84. The zero-order valence-corrected chi connectivity index (χ0v) is 12.0. The lowest BCUT2D eigenvalue weighted by Crippen LogP contribution is -1.93. The summed E-state index contributed by atoms with van der Waals surface area (Å²) in [5.74, 6) is 1.45. The molecule has 0 aliphatic rings. The predicted molar refractivity (Wildman–Crippen MR) is 75.2 cm³/mol. The van der Waals surface area contributed by atoms with Gasteiger partial charge < -0.3 is 4.74 Å². The molecular weight excluding hydrogens is 258 g/mol. The number of nitrogens with zero attached hydrogens (tertiary/aromatic N) is 3. The maximum atomic E-state index is 8.94. The highest BCUT2D eigenvalue weighted by molar-refractivity contribution is 7.98. The molecule has 5 heteroatoms. The summed E-state index contributed by atoms with van der Waals surface area (Å²) in [6, 6.07) is 9.84. The van der Waals surface area contributed by atoms with Crippen molar-refractivity contribution in [2.75, 3.05) is 7.11 Å². The Morgan fingerprint density at radius 3 is 2.79 bits per heavy atom. The lowest BCUT2D eigenvalue weighted by Gasteiger charge is -2.06. The minimum absolute atomic E-state index is 0.563. The van der Waals surface area contributed by atoms with Crippen molar-refractivity contribution in [1.82, 2.24) is 9.78 Å². The van der Waals surface area contributed by atoms with Crippen LogP contribution in [0.25, 0.3) is 0 Å². The predicted octanol–water partition coefficient (Wildman–Crippen LogP) is 2.90. The highest BCUT2D eigenvalue weighted by Gasteiger charge is 2.06. The molecule has 0 aliphatic heterocycles. The Balaban J connectivity index is 2.12. The molecule has 1 aromatic heterocycles. The fraction of sp³-hybridized carbons (Fsp3) is 0.286. The highest BCUT2D eigenvalue weighted by atomic mass is 32.2. The van der Waals surface area contributed by atoms with Crippen molar-refractivity contribution in [2.45, 2.75) is 17.7 Å². The topological polar surface area (TPSA) is 50.8 Å². The van der Waals surface area contributed by atoms with Crippen LogP contribution in [0, 0.1) is 18.3 Å². The van der Waals surface area contributed by atoms with Gasteiger partial charge in [-0.3, -0.25) is 4.68 Å². The van der Waals surface area contributed by atoms with Crippen LogP contribution >= 0.6 is 11.8 Å². The van der Waals surface area contributed by atoms with Crippen molar-refractivity contribution in [1.29, 1.82) is 5.26 Å². The summed E-state index contributed by atoms with van der Waals surface area (Å²) in [5.41, 5.74) is 2.70. The van der Waals surface area contributed by atoms with Crippen LogP contribution in [-0.4, -0.2) is 16.9 Å². The maximum absolute atomic E-state index is 8.94. The molecule has 0 saturated carbocycles. The van der Waals surface area contributed by atoms with E-state index in [0.29, 0.717) is 11.3 Å². The third kappa shape index (κ3) is 3.09. The molecule has 2 aromatic rings. The molecule has 0 spiro atoms. The number of rotatable bonds is 4. The third-order valence-electron chi connectivity index (χ3n) is 2.73. The number of hydrogen-bond acceptors (Lipinski definition) is 4. The van der Waals surface area contributed by atoms with Gasteiger partial charge >= 0.3 is 0 Å². The Morgan fingerprint density at radius 2 is 2.21 bits per heavy atom. The average Bonchev–Trinajstić information content (AvgIpc) is 2.74. The van der Waals surface area contributed by atoms with Crippen molar-refractivity contribution in [3.05, 3.63) is 41.1 Å². The third-order valence-corrected chi connectivity index (χ3v) is 3.89. The van der Waals surface area contributed by atoms with E-state index in [9.17, 15) is 0 Å². The van der Waals surface area contributed by atoms with Crippen LogP contribution in [0.5, 0.6) is 5.75 Å². The number of ether oxygens (including phenoxy) is 1. The first-order chi connectivity index (χ1) is 9.13. The van der Waals surface area contributed by atoms with Crippen molar-refractivity contribution < 1.29 is 4.74 Å². The van der Waals surface area contributed by atoms with Gasteiger partial charge in [0, 0.05) is 12.8 Å². The summed E-state index contributed by atoms with van der Waals surface area (Å²) in [6.07, 6.45) is 0. The number of methoxy groups -OCH3 is 1. The number of hydrogen-bond donors (Lipinski definition) is 0. The molecule has 0 aliphatic carbocycles. The molecule has 1 aromatic carbocycles. The molecule has 0 atom stereocenters. The number of benzene rings is 1. The molecule has 98 valence electrons. The van der Waals surface area contributed by atoms with E-state index in [1.165, 1.54) is 0 Å². The fourth-order valence-corrected chi connectivity index (χ4v) is 2.77. The molecule has 0 saturated heterocycles. The first-order valence-corrected chi connectivity index (χ1v) is 6.83. The Bertz CT molecular complexity index is 628. The monoisotopic (exact) mass is 273 g/mol. The summed E-state index contributed by atoms with van der Waals surface area (Å²) in [4.78, 5) is 0. The van der Waals surface area contributed by atoms with Crippen LogP contribution in [-0.2, 0) is 12.8 Å². The highest BCUT2D eigenvalue weighted by Crippen LogP contribution is 2.26. The summed E-state index contributed by atoms with van der Waals surface area (Å²) < 4.78 is 7.08. The zero-order chi connectivity index (χ0) is 13.8. The molecule has 0 N–H and O–H groups in total.